The maximum absolute atomic E-state index is 12.1. The van der Waals surface area contributed by atoms with Crippen molar-refractivity contribution in [1.29, 1.82) is 0 Å². The number of hydrogen-bond donors (Lipinski definition) is 3. The molecule has 17 heavy (non-hydrogen) atoms. The zero-order chi connectivity index (χ0) is 12.4. The van der Waals surface area contributed by atoms with E-state index in [-0.39, 0.29) is 29.0 Å². The van der Waals surface area contributed by atoms with E-state index in [1.165, 1.54) is 0 Å². The van der Waals surface area contributed by atoms with Gasteiger partial charge in [-0.2, -0.15) is 0 Å². The highest BCUT2D eigenvalue weighted by molar-refractivity contribution is 5.98. The molecule has 0 radical (unpaired) electrons. The Morgan fingerprint density at radius 1 is 1.35 bits per heavy atom. The van der Waals surface area contributed by atoms with E-state index in [0.717, 1.165) is 0 Å². The largest absolute Gasteiger partial charge is 0.505 e. The SMILES string of the molecule is Nc1cccc(C(=O)N2CCC(O)CC2)c1O. The Hall–Kier alpha value is -1.75. The van der Waals surface area contributed by atoms with Gasteiger partial charge in [0.05, 0.1) is 17.4 Å². The van der Waals surface area contributed by atoms with Crippen molar-refractivity contribution >= 4 is 11.6 Å². The molecule has 0 bridgehead atoms. The van der Waals surface area contributed by atoms with Gasteiger partial charge in [0.2, 0.25) is 0 Å². The monoisotopic (exact) mass is 236 g/mol. The zero-order valence-corrected chi connectivity index (χ0v) is 9.47. The molecule has 0 aromatic heterocycles. The molecule has 5 heteroatoms. The number of benzene rings is 1. The molecule has 92 valence electrons. The second kappa shape index (κ2) is 4.63. The lowest BCUT2D eigenvalue weighted by molar-refractivity contribution is 0.0544. The number of rotatable bonds is 1. The summed E-state index contributed by atoms with van der Waals surface area (Å²) in [4.78, 5) is 13.7. The summed E-state index contributed by atoms with van der Waals surface area (Å²) in [5.74, 6) is -0.398. The molecule has 0 spiro atoms. The number of piperidine rings is 1. The number of aliphatic hydroxyl groups is 1. The highest BCUT2D eigenvalue weighted by Gasteiger charge is 2.24. The van der Waals surface area contributed by atoms with Crippen LogP contribution in [0.5, 0.6) is 5.75 Å². The maximum atomic E-state index is 12.1. The van der Waals surface area contributed by atoms with Crippen molar-refractivity contribution < 1.29 is 15.0 Å². The van der Waals surface area contributed by atoms with Crippen molar-refractivity contribution in [2.45, 2.75) is 18.9 Å². The third-order valence-electron chi connectivity index (χ3n) is 3.05. The van der Waals surface area contributed by atoms with Crippen LogP contribution in [-0.4, -0.2) is 40.2 Å². The van der Waals surface area contributed by atoms with Crippen LogP contribution in [0, 0.1) is 0 Å². The lowest BCUT2D eigenvalue weighted by Gasteiger charge is -2.29. The Bertz CT molecular complexity index is 426. The van der Waals surface area contributed by atoms with Crippen molar-refractivity contribution in [3.8, 4) is 5.75 Å². The molecule has 1 aromatic rings. The van der Waals surface area contributed by atoms with Gasteiger partial charge in [0.15, 0.2) is 5.75 Å². The van der Waals surface area contributed by atoms with Gasteiger partial charge < -0.3 is 20.8 Å². The normalized spacial score (nSPS) is 17.1. The first-order valence-corrected chi connectivity index (χ1v) is 5.64. The van der Waals surface area contributed by atoms with E-state index in [9.17, 15) is 15.0 Å². The van der Waals surface area contributed by atoms with E-state index >= 15 is 0 Å². The number of nitrogens with zero attached hydrogens (tertiary/aromatic N) is 1. The summed E-state index contributed by atoms with van der Waals surface area (Å²) in [5.41, 5.74) is 5.97. The van der Waals surface area contributed by atoms with E-state index in [0.29, 0.717) is 25.9 Å². The molecule has 1 amide bonds. The molecule has 0 aliphatic carbocycles. The van der Waals surface area contributed by atoms with Gasteiger partial charge in [-0.25, -0.2) is 0 Å². The lowest BCUT2D eigenvalue weighted by atomic mass is 10.1. The number of para-hydroxylation sites is 1. The maximum Gasteiger partial charge on any atom is 0.257 e. The van der Waals surface area contributed by atoms with Crippen LogP contribution in [0.3, 0.4) is 0 Å². The Morgan fingerprint density at radius 2 is 2.00 bits per heavy atom. The van der Waals surface area contributed by atoms with Crippen LogP contribution in [0.15, 0.2) is 18.2 Å². The molecule has 2 rings (SSSR count). The number of carbonyl (C=O) groups excluding carboxylic acids is 1. The number of nitrogen functional groups attached to an aromatic ring is 1. The summed E-state index contributed by atoms with van der Waals surface area (Å²) in [6.45, 7) is 1.02. The standard InChI is InChI=1S/C12H16N2O3/c13-10-3-1-2-9(11(10)16)12(17)14-6-4-8(15)5-7-14/h1-3,8,15-16H,4-7,13H2. The third kappa shape index (κ3) is 2.34. The molecular formula is C12H16N2O3. The number of phenolic OH excluding ortho intramolecular Hbond substituents is 1. The summed E-state index contributed by atoms with van der Waals surface area (Å²) >= 11 is 0. The number of phenols is 1. The van der Waals surface area contributed by atoms with Gasteiger partial charge in [-0.1, -0.05) is 6.07 Å². The first kappa shape index (κ1) is 11.7. The van der Waals surface area contributed by atoms with Crippen LogP contribution < -0.4 is 5.73 Å². The predicted molar refractivity (Wildman–Crippen MR) is 63.7 cm³/mol. The molecule has 1 heterocycles. The first-order chi connectivity index (χ1) is 8.09. The molecular weight excluding hydrogens is 220 g/mol. The van der Waals surface area contributed by atoms with E-state index in [1.54, 1.807) is 23.1 Å². The Balaban J connectivity index is 2.17. The van der Waals surface area contributed by atoms with Crippen LogP contribution in [0.1, 0.15) is 23.2 Å². The van der Waals surface area contributed by atoms with Gasteiger partial charge in [-0.3, -0.25) is 4.79 Å². The summed E-state index contributed by atoms with van der Waals surface area (Å²) in [6.07, 6.45) is 0.831. The molecule has 0 atom stereocenters. The summed E-state index contributed by atoms with van der Waals surface area (Å²) in [7, 11) is 0. The molecule has 1 aromatic carbocycles. The van der Waals surface area contributed by atoms with Crippen molar-refractivity contribution in [2.75, 3.05) is 18.8 Å². The van der Waals surface area contributed by atoms with Crippen LogP contribution >= 0.6 is 0 Å². The van der Waals surface area contributed by atoms with Gasteiger partial charge in [-0.15, -0.1) is 0 Å². The quantitative estimate of drug-likeness (QED) is 0.491. The van der Waals surface area contributed by atoms with Gasteiger partial charge in [0, 0.05) is 13.1 Å². The lowest BCUT2D eigenvalue weighted by Crippen LogP contribution is -2.40. The number of anilines is 1. The molecule has 0 saturated carbocycles. The van der Waals surface area contributed by atoms with Crippen LogP contribution in [0.25, 0.3) is 0 Å². The minimum absolute atomic E-state index is 0.163. The highest BCUT2D eigenvalue weighted by Crippen LogP contribution is 2.26. The van der Waals surface area contributed by atoms with E-state index in [1.807, 2.05) is 0 Å². The van der Waals surface area contributed by atoms with E-state index in [4.69, 9.17) is 5.73 Å². The Morgan fingerprint density at radius 3 is 2.65 bits per heavy atom. The molecule has 5 nitrogen and oxygen atoms in total. The molecule has 0 unspecified atom stereocenters. The van der Waals surface area contributed by atoms with E-state index in [2.05, 4.69) is 0 Å². The van der Waals surface area contributed by atoms with Crippen molar-refractivity contribution in [3.05, 3.63) is 23.8 Å². The van der Waals surface area contributed by atoms with Gasteiger partial charge in [0.1, 0.15) is 0 Å². The number of amides is 1. The van der Waals surface area contributed by atoms with Crippen LogP contribution in [0.2, 0.25) is 0 Å². The summed E-state index contributed by atoms with van der Waals surface area (Å²) in [6, 6.07) is 4.74. The van der Waals surface area contributed by atoms with Gasteiger partial charge in [-0.05, 0) is 25.0 Å². The minimum Gasteiger partial charge on any atom is -0.505 e. The minimum atomic E-state index is -0.325. The van der Waals surface area contributed by atoms with E-state index < -0.39 is 0 Å². The fourth-order valence-corrected chi connectivity index (χ4v) is 1.97. The number of aliphatic hydroxyl groups excluding tert-OH is 1. The van der Waals surface area contributed by atoms with Crippen molar-refractivity contribution in [2.24, 2.45) is 0 Å². The summed E-state index contributed by atoms with van der Waals surface area (Å²) < 4.78 is 0. The molecule has 4 N–H and O–H groups in total. The van der Waals surface area contributed by atoms with Crippen molar-refractivity contribution in [3.63, 3.8) is 0 Å². The molecule has 1 fully saturated rings. The first-order valence-electron chi connectivity index (χ1n) is 5.64. The number of likely N-dealkylation sites (tertiary alicyclic amines) is 1. The van der Waals surface area contributed by atoms with Crippen molar-refractivity contribution in [1.82, 2.24) is 4.90 Å². The number of nitrogens with two attached hydrogens (primary N) is 1. The molecule has 1 aliphatic heterocycles. The van der Waals surface area contributed by atoms with Gasteiger partial charge in [0.25, 0.3) is 5.91 Å². The van der Waals surface area contributed by atoms with Crippen LogP contribution in [0.4, 0.5) is 5.69 Å². The smallest absolute Gasteiger partial charge is 0.257 e. The third-order valence-corrected chi connectivity index (χ3v) is 3.05. The number of aromatic hydroxyl groups is 1. The highest BCUT2D eigenvalue weighted by atomic mass is 16.3. The average molecular weight is 236 g/mol. The second-order valence-electron chi connectivity index (χ2n) is 4.27. The Kier molecular flexibility index (Phi) is 3.19. The average Bonchev–Trinajstić information content (AvgIpc) is 2.33. The second-order valence-corrected chi connectivity index (χ2v) is 4.27. The number of hydrogen-bond acceptors (Lipinski definition) is 4. The fraction of sp³-hybridized carbons (Fsp3) is 0.417. The molecule has 1 aliphatic rings. The number of carbonyl (C=O) groups is 1. The van der Waals surface area contributed by atoms with Gasteiger partial charge >= 0.3 is 0 Å². The molecule has 1 saturated heterocycles. The fourth-order valence-electron chi connectivity index (χ4n) is 1.97. The predicted octanol–water partition coefficient (Wildman–Crippen LogP) is 0.571. The topological polar surface area (TPSA) is 86.8 Å². The Labute approximate surface area is 99.5 Å². The summed E-state index contributed by atoms with van der Waals surface area (Å²) in [5, 5.41) is 19.1. The zero-order valence-electron chi connectivity index (χ0n) is 9.47. The van der Waals surface area contributed by atoms with Crippen LogP contribution in [-0.2, 0) is 0 Å².